The summed E-state index contributed by atoms with van der Waals surface area (Å²) in [6.45, 7) is 0. The van der Waals surface area contributed by atoms with Crippen molar-refractivity contribution in [1.29, 1.82) is 0 Å². The summed E-state index contributed by atoms with van der Waals surface area (Å²) in [5.74, 6) is -1.77. The van der Waals surface area contributed by atoms with Crippen LogP contribution in [0.2, 0.25) is 5.02 Å². The van der Waals surface area contributed by atoms with Gasteiger partial charge in [0.2, 0.25) is 11.8 Å². The average Bonchev–Trinajstić information content (AvgIpc) is 2.71. The SMILES string of the molecule is CN(C)C1(Cc2ccccc2)CCC(C(N)=O)(C(C(N)=O)c2ccc(Cl)cc2)CC1. The summed E-state index contributed by atoms with van der Waals surface area (Å²) in [6, 6.07) is 17.3. The van der Waals surface area contributed by atoms with E-state index < -0.39 is 23.1 Å². The topological polar surface area (TPSA) is 89.4 Å². The number of carbonyl (C=O) groups excluding carboxylic acids is 2. The molecular formula is C24H30ClN3O2. The normalized spacial score (nSPS) is 25.1. The van der Waals surface area contributed by atoms with E-state index in [1.165, 1.54) is 5.56 Å². The molecule has 1 unspecified atom stereocenters. The van der Waals surface area contributed by atoms with Gasteiger partial charge in [0.05, 0.1) is 11.3 Å². The zero-order valence-corrected chi connectivity index (χ0v) is 18.4. The molecule has 2 aromatic rings. The minimum Gasteiger partial charge on any atom is -0.369 e. The van der Waals surface area contributed by atoms with Gasteiger partial charge < -0.3 is 16.4 Å². The zero-order valence-electron chi connectivity index (χ0n) is 17.6. The van der Waals surface area contributed by atoms with Gasteiger partial charge in [-0.3, -0.25) is 9.59 Å². The van der Waals surface area contributed by atoms with E-state index in [1.807, 2.05) is 18.2 Å². The second-order valence-electron chi connectivity index (χ2n) is 8.69. The molecule has 0 saturated heterocycles. The predicted octanol–water partition coefficient (Wildman–Crippen LogP) is 3.50. The number of nitrogens with zero attached hydrogens (tertiary/aromatic N) is 1. The molecule has 0 heterocycles. The highest BCUT2D eigenvalue weighted by atomic mass is 35.5. The Balaban J connectivity index is 1.94. The standard InChI is InChI=1S/C24H30ClN3O2/c1-28(2)23(16-17-6-4-3-5-7-17)12-14-24(15-13-23,22(27)30)20(21(26)29)18-8-10-19(25)11-9-18/h3-11,20H,12-16H2,1-2H3,(H2,26,29)(H2,27,30). The van der Waals surface area contributed by atoms with E-state index in [0.29, 0.717) is 23.4 Å². The van der Waals surface area contributed by atoms with Crippen LogP contribution in [0.4, 0.5) is 0 Å². The molecule has 2 amide bonds. The molecule has 1 aliphatic rings. The van der Waals surface area contributed by atoms with Crippen LogP contribution in [0.25, 0.3) is 0 Å². The van der Waals surface area contributed by atoms with E-state index in [9.17, 15) is 9.59 Å². The van der Waals surface area contributed by atoms with E-state index in [-0.39, 0.29) is 5.54 Å². The van der Waals surface area contributed by atoms with Crippen LogP contribution < -0.4 is 11.5 Å². The molecule has 160 valence electrons. The maximum absolute atomic E-state index is 12.8. The summed E-state index contributed by atoms with van der Waals surface area (Å²) in [5.41, 5.74) is 12.6. The molecule has 0 bridgehead atoms. The highest BCUT2D eigenvalue weighted by Gasteiger charge is 2.53. The van der Waals surface area contributed by atoms with Crippen molar-refractivity contribution in [3.05, 3.63) is 70.7 Å². The van der Waals surface area contributed by atoms with Gasteiger partial charge >= 0.3 is 0 Å². The highest BCUT2D eigenvalue weighted by Crippen LogP contribution is 2.51. The van der Waals surface area contributed by atoms with Crippen LogP contribution >= 0.6 is 11.6 Å². The molecule has 5 nitrogen and oxygen atoms in total. The predicted molar refractivity (Wildman–Crippen MR) is 120 cm³/mol. The van der Waals surface area contributed by atoms with Gasteiger partial charge in [0.15, 0.2) is 0 Å². The van der Waals surface area contributed by atoms with E-state index in [2.05, 4.69) is 31.1 Å². The molecule has 2 aromatic carbocycles. The van der Waals surface area contributed by atoms with E-state index in [0.717, 1.165) is 19.3 Å². The Hall–Kier alpha value is -2.37. The summed E-state index contributed by atoms with van der Waals surface area (Å²) in [4.78, 5) is 27.6. The van der Waals surface area contributed by atoms with Crippen molar-refractivity contribution in [1.82, 2.24) is 4.90 Å². The molecule has 1 atom stereocenters. The van der Waals surface area contributed by atoms with E-state index in [1.54, 1.807) is 24.3 Å². The Bertz CT molecular complexity index is 888. The van der Waals surface area contributed by atoms with Gasteiger partial charge in [-0.25, -0.2) is 0 Å². The number of rotatable bonds is 7. The number of hydrogen-bond acceptors (Lipinski definition) is 3. The van der Waals surface area contributed by atoms with Gasteiger partial charge in [-0.05, 0) is 69.5 Å². The van der Waals surface area contributed by atoms with Crippen LogP contribution in [0, 0.1) is 5.41 Å². The molecule has 1 saturated carbocycles. The van der Waals surface area contributed by atoms with E-state index in [4.69, 9.17) is 23.1 Å². The third kappa shape index (κ3) is 4.23. The summed E-state index contributed by atoms with van der Waals surface area (Å²) < 4.78 is 0. The van der Waals surface area contributed by atoms with Crippen molar-refractivity contribution >= 4 is 23.4 Å². The average molecular weight is 428 g/mol. The van der Waals surface area contributed by atoms with Crippen molar-refractivity contribution in [2.24, 2.45) is 16.9 Å². The van der Waals surface area contributed by atoms with Gasteiger partial charge in [-0.2, -0.15) is 0 Å². The maximum Gasteiger partial charge on any atom is 0.226 e. The molecule has 4 N–H and O–H groups in total. The molecule has 3 rings (SSSR count). The van der Waals surface area contributed by atoms with Crippen LogP contribution in [0.3, 0.4) is 0 Å². The zero-order chi connectivity index (χ0) is 21.9. The molecule has 1 aliphatic carbocycles. The highest BCUT2D eigenvalue weighted by molar-refractivity contribution is 6.30. The Morgan fingerprint density at radius 1 is 0.967 bits per heavy atom. The minimum absolute atomic E-state index is 0.109. The minimum atomic E-state index is -1.00. The number of halogens is 1. The Kier molecular flexibility index (Phi) is 6.53. The number of primary amides is 2. The van der Waals surface area contributed by atoms with Gasteiger partial charge in [0, 0.05) is 10.6 Å². The Labute approximate surface area is 183 Å². The maximum atomic E-state index is 12.8. The second kappa shape index (κ2) is 8.78. The summed E-state index contributed by atoms with van der Waals surface area (Å²) in [7, 11) is 4.15. The van der Waals surface area contributed by atoms with Crippen LogP contribution in [-0.2, 0) is 16.0 Å². The van der Waals surface area contributed by atoms with Crippen LogP contribution in [-0.4, -0.2) is 36.3 Å². The number of carbonyl (C=O) groups is 2. The van der Waals surface area contributed by atoms with Gasteiger partial charge in [-0.1, -0.05) is 54.1 Å². The fourth-order valence-corrected chi connectivity index (χ4v) is 5.13. The summed E-state index contributed by atoms with van der Waals surface area (Å²) in [6.07, 6.45) is 3.37. The first-order valence-corrected chi connectivity index (χ1v) is 10.6. The fraction of sp³-hybridized carbons (Fsp3) is 0.417. The number of benzene rings is 2. The third-order valence-corrected chi connectivity index (χ3v) is 7.18. The smallest absolute Gasteiger partial charge is 0.226 e. The first-order chi connectivity index (χ1) is 14.2. The molecule has 6 heteroatoms. The second-order valence-corrected chi connectivity index (χ2v) is 9.12. The Morgan fingerprint density at radius 2 is 1.53 bits per heavy atom. The first kappa shape index (κ1) is 22.3. The molecule has 0 aromatic heterocycles. The molecule has 30 heavy (non-hydrogen) atoms. The molecule has 0 spiro atoms. The van der Waals surface area contributed by atoms with Crippen molar-refractivity contribution in [2.45, 2.75) is 43.6 Å². The van der Waals surface area contributed by atoms with Crippen molar-refractivity contribution < 1.29 is 9.59 Å². The molecule has 0 radical (unpaired) electrons. The number of amides is 2. The number of hydrogen-bond donors (Lipinski definition) is 2. The lowest BCUT2D eigenvalue weighted by atomic mass is 9.58. The van der Waals surface area contributed by atoms with Crippen molar-refractivity contribution in [3.63, 3.8) is 0 Å². The summed E-state index contributed by atoms with van der Waals surface area (Å²) in [5, 5.41) is 0.563. The van der Waals surface area contributed by atoms with Gasteiger partial charge in [0.1, 0.15) is 0 Å². The third-order valence-electron chi connectivity index (χ3n) is 6.93. The van der Waals surface area contributed by atoms with Crippen molar-refractivity contribution in [3.8, 4) is 0 Å². The Morgan fingerprint density at radius 3 is 2.00 bits per heavy atom. The largest absolute Gasteiger partial charge is 0.369 e. The fourth-order valence-electron chi connectivity index (χ4n) is 5.01. The number of likely N-dealkylation sites (N-methyl/N-ethyl adjacent to an activating group) is 1. The quantitative estimate of drug-likeness (QED) is 0.708. The monoisotopic (exact) mass is 427 g/mol. The lowest BCUT2D eigenvalue weighted by Gasteiger charge is -2.50. The molecule has 1 fully saturated rings. The van der Waals surface area contributed by atoms with Gasteiger partial charge in [-0.15, -0.1) is 0 Å². The summed E-state index contributed by atoms with van der Waals surface area (Å²) >= 11 is 6.01. The lowest BCUT2D eigenvalue weighted by molar-refractivity contribution is -0.139. The van der Waals surface area contributed by atoms with Crippen LogP contribution in [0.5, 0.6) is 0 Å². The van der Waals surface area contributed by atoms with Crippen LogP contribution in [0.1, 0.15) is 42.7 Å². The van der Waals surface area contributed by atoms with E-state index >= 15 is 0 Å². The first-order valence-electron chi connectivity index (χ1n) is 10.3. The van der Waals surface area contributed by atoms with Gasteiger partial charge in [0.25, 0.3) is 0 Å². The van der Waals surface area contributed by atoms with Crippen LogP contribution in [0.15, 0.2) is 54.6 Å². The molecular weight excluding hydrogens is 398 g/mol. The van der Waals surface area contributed by atoms with Crippen molar-refractivity contribution in [2.75, 3.05) is 14.1 Å². The molecule has 0 aliphatic heterocycles. The lowest BCUT2D eigenvalue weighted by Crippen LogP contribution is -2.56. The number of nitrogens with two attached hydrogens (primary N) is 2.